The highest BCUT2D eigenvalue weighted by atomic mass is 16.5. The molecule has 1 aromatic heterocycles. The standard InChI is InChI=1S/C17H15NO4/c1-18-10-6-4-8-12(21-2)14(10)16(17(19)20)15-11(18)7-5-9-13(15)22-3/h4-9H,1-3H3/p+1. The molecule has 0 radical (unpaired) electrons. The van der Waals surface area contributed by atoms with Crippen molar-refractivity contribution >= 4 is 27.8 Å². The number of carbonyl (C=O) groups is 1. The molecule has 5 heteroatoms. The van der Waals surface area contributed by atoms with Gasteiger partial charge in [0.05, 0.1) is 19.8 Å². The van der Waals surface area contributed by atoms with Gasteiger partial charge in [-0.2, -0.15) is 4.57 Å². The van der Waals surface area contributed by atoms with Crippen molar-refractivity contribution in [3.05, 3.63) is 42.0 Å². The molecule has 112 valence electrons. The number of hydrogen-bond donors (Lipinski definition) is 1. The third kappa shape index (κ3) is 1.86. The van der Waals surface area contributed by atoms with E-state index in [1.165, 1.54) is 14.2 Å². The Hall–Kier alpha value is -2.82. The molecule has 1 heterocycles. The summed E-state index contributed by atoms with van der Waals surface area (Å²) in [5, 5.41) is 10.9. The molecule has 3 aromatic rings. The van der Waals surface area contributed by atoms with E-state index in [0.717, 1.165) is 11.0 Å². The van der Waals surface area contributed by atoms with Crippen molar-refractivity contribution in [1.82, 2.24) is 0 Å². The van der Waals surface area contributed by atoms with Gasteiger partial charge in [0.2, 0.25) is 11.0 Å². The van der Waals surface area contributed by atoms with Crippen molar-refractivity contribution in [3.63, 3.8) is 0 Å². The van der Waals surface area contributed by atoms with E-state index in [-0.39, 0.29) is 5.56 Å². The summed E-state index contributed by atoms with van der Waals surface area (Å²) >= 11 is 0. The summed E-state index contributed by atoms with van der Waals surface area (Å²) in [6.45, 7) is 0. The highest BCUT2D eigenvalue weighted by Gasteiger charge is 2.27. The molecule has 0 atom stereocenters. The molecule has 0 aliphatic carbocycles. The first-order chi connectivity index (χ1) is 10.6. The third-order valence-corrected chi connectivity index (χ3v) is 3.88. The molecule has 0 bridgehead atoms. The zero-order valence-electron chi connectivity index (χ0n) is 12.6. The molecule has 22 heavy (non-hydrogen) atoms. The Bertz CT molecular complexity index is 837. The van der Waals surface area contributed by atoms with Gasteiger partial charge in [0.1, 0.15) is 29.3 Å². The lowest BCUT2D eigenvalue weighted by Crippen LogP contribution is -2.31. The zero-order valence-corrected chi connectivity index (χ0v) is 12.6. The molecule has 0 aliphatic heterocycles. The maximum absolute atomic E-state index is 12.0. The van der Waals surface area contributed by atoms with E-state index in [4.69, 9.17) is 9.47 Å². The minimum atomic E-state index is -1.01. The van der Waals surface area contributed by atoms with Crippen LogP contribution in [0.4, 0.5) is 0 Å². The lowest BCUT2D eigenvalue weighted by atomic mass is 10.0. The van der Waals surface area contributed by atoms with Crippen molar-refractivity contribution in [2.45, 2.75) is 0 Å². The predicted octanol–water partition coefficient (Wildman–Crippen LogP) is 2.53. The van der Waals surface area contributed by atoms with Crippen molar-refractivity contribution in [3.8, 4) is 11.5 Å². The lowest BCUT2D eigenvalue weighted by molar-refractivity contribution is -0.617. The minimum absolute atomic E-state index is 0.193. The van der Waals surface area contributed by atoms with E-state index in [9.17, 15) is 9.90 Å². The topological polar surface area (TPSA) is 59.6 Å². The molecule has 2 aromatic carbocycles. The van der Waals surface area contributed by atoms with Gasteiger partial charge in [0.15, 0.2) is 0 Å². The number of aromatic nitrogens is 1. The number of carboxylic acid groups (broad SMARTS) is 1. The van der Waals surface area contributed by atoms with Crippen LogP contribution in [0.2, 0.25) is 0 Å². The molecule has 0 saturated heterocycles. The maximum atomic E-state index is 12.0. The van der Waals surface area contributed by atoms with Crippen LogP contribution in [-0.4, -0.2) is 25.3 Å². The fraction of sp³-hybridized carbons (Fsp3) is 0.176. The van der Waals surface area contributed by atoms with Gasteiger partial charge in [-0.25, -0.2) is 4.79 Å². The first-order valence-corrected chi connectivity index (χ1v) is 6.78. The molecule has 0 aliphatic rings. The number of fused-ring (bicyclic) bond motifs is 2. The largest absolute Gasteiger partial charge is 0.496 e. The number of aromatic carboxylic acids is 1. The van der Waals surface area contributed by atoms with Crippen LogP contribution in [-0.2, 0) is 7.05 Å². The molecule has 0 fully saturated rings. The summed E-state index contributed by atoms with van der Waals surface area (Å²) in [6.07, 6.45) is 0. The van der Waals surface area contributed by atoms with E-state index < -0.39 is 5.97 Å². The fourth-order valence-electron chi connectivity index (χ4n) is 2.91. The summed E-state index contributed by atoms with van der Waals surface area (Å²) < 4.78 is 12.7. The number of rotatable bonds is 3. The van der Waals surface area contributed by atoms with Crippen LogP contribution >= 0.6 is 0 Å². The normalized spacial score (nSPS) is 10.9. The molecular weight excluding hydrogens is 282 g/mol. The SMILES string of the molecule is COc1cccc2c1c(C(=O)O)c1c(OC)cccc1[n+]2C. The molecule has 0 unspecified atom stereocenters. The summed E-state index contributed by atoms with van der Waals surface area (Å²) in [4.78, 5) is 12.0. The number of ether oxygens (including phenoxy) is 2. The van der Waals surface area contributed by atoms with Gasteiger partial charge >= 0.3 is 5.97 Å². The number of nitrogens with zero attached hydrogens (tertiary/aromatic N) is 1. The Kier molecular flexibility index (Phi) is 3.33. The molecule has 5 nitrogen and oxygen atoms in total. The monoisotopic (exact) mass is 298 g/mol. The van der Waals surface area contributed by atoms with Gasteiger partial charge in [0, 0.05) is 12.1 Å². The highest BCUT2D eigenvalue weighted by Crippen LogP contribution is 2.35. The minimum Gasteiger partial charge on any atom is -0.496 e. The van der Waals surface area contributed by atoms with Crippen molar-refractivity contribution in [2.24, 2.45) is 7.05 Å². The van der Waals surface area contributed by atoms with Gasteiger partial charge in [0.25, 0.3) is 0 Å². The number of pyridine rings is 1. The van der Waals surface area contributed by atoms with Gasteiger partial charge in [-0.05, 0) is 12.1 Å². The van der Waals surface area contributed by atoms with E-state index >= 15 is 0 Å². The maximum Gasteiger partial charge on any atom is 0.337 e. The quantitative estimate of drug-likeness (QED) is 0.596. The molecule has 3 rings (SSSR count). The van der Waals surface area contributed by atoms with Crippen LogP contribution in [0, 0.1) is 0 Å². The highest BCUT2D eigenvalue weighted by molar-refractivity contribution is 6.15. The summed E-state index contributed by atoms with van der Waals surface area (Å²) in [5.74, 6) is 0.0428. The third-order valence-electron chi connectivity index (χ3n) is 3.88. The van der Waals surface area contributed by atoms with Crippen LogP contribution in [0.5, 0.6) is 11.5 Å². The number of methoxy groups -OCH3 is 2. The Morgan fingerprint density at radius 3 is 1.77 bits per heavy atom. The Morgan fingerprint density at radius 2 is 1.41 bits per heavy atom. The van der Waals surface area contributed by atoms with Gasteiger partial charge < -0.3 is 14.6 Å². The van der Waals surface area contributed by atoms with Gasteiger partial charge in [-0.1, -0.05) is 12.1 Å². The van der Waals surface area contributed by atoms with Gasteiger partial charge in [-0.15, -0.1) is 0 Å². The van der Waals surface area contributed by atoms with Gasteiger partial charge in [-0.3, -0.25) is 0 Å². The Labute approximate surface area is 127 Å². The molecule has 0 spiro atoms. The van der Waals surface area contributed by atoms with Crippen molar-refractivity contribution < 1.29 is 23.9 Å². The van der Waals surface area contributed by atoms with Crippen molar-refractivity contribution in [2.75, 3.05) is 14.2 Å². The van der Waals surface area contributed by atoms with E-state index in [1.807, 2.05) is 35.9 Å². The van der Waals surface area contributed by atoms with E-state index in [2.05, 4.69) is 0 Å². The fourth-order valence-corrected chi connectivity index (χ4v) is 2.91. The predicted molar refractivity (Wildman–Crippen MR) is 82.7 cm³/mol. The van der Waals surface area contributed by atoms with Crippen LogP contribution in [0.15, 0.2) is 36.4 Å². The summed E-state index contributed by atoms with van der Waals surface area (Å²) in [5.41, 5.74) is 1.77. The number of carboxylic acids is 1. The molecule has 0 saturated carbocycles. The van der Waals surface area contributed by atoms with Crippen LogP contribution in [0.1, 0.15) is 10.4 Å². The average Bonchev–Trinajstić information content (AvgIpc) is 2.54. The van der Waals surface area contributed by atoms with Crippen LogP contribution in [0.25, 0.3) is 21.8 Å². The number of aryl methyl sites for hydroxylation is 1. The number of benzene rings is 2. The molecule has 1 N–H and O–H groups in total. The summed E-state index contributed by atoms with van der Waals surface area (Å²) in [6, 6.07) is 11.0. The smallest absolute Gasteiger partial charge is 0.337 e. The second-order valence-corrected chi connectivity index (χ2v) is 4.95. The lowest BCUT2D eigenvalue weighted by Gasteiger charge is -2.12. The van der Waals surface area contributed by atoms with E-state index in [1.54, 1.807) is 12.1 Å². The molecule has 0 amide bonds. The first kappa shape index (κ1) is 14.1. The average molecular weight is 298 g/mol. The van der Waals surface area contributed by atoms with E-state index in [0.29, 0.717) is 22.3 Å². The molecular formula is C17H16NO4+. The van der Waals surface area contributed by atoms with Crippen molar-refractivity contribution in [1.29, 1.82) is 0 Å². The zero-order chi connectivity index (χ0) is 15.9. The number of hydrogen-bond acceptors (Lipinski definition) is 3. The summed E-state index contributed by atoms with van der Waals surface area (Å²) in [7, 11) is 4.97. The van der Waals surface area contributed by atoms with Crippen LogP contribution < -0.4 is 14.0 Å². The first-order valence-electron chi connectivity index (χ1n) is 6.78. The van der Waals surface area contributed by atoms with Crippen LogP contribution in [0.3, 0.4) is 0 Å². The second-order valence-electron chi connectivity index (χ2n) is 4.95. The second kappa shape index (κ2) is 5.18. The Balaban J connectivity index is 2.70. The Morgan fingerprint density at radius 1 is 0.955 bits per heavy atom.